The van der Waals surface area contributed by atoms with Crippen LogP contribution in [0.25, 0.3) is 0 Å². The molecule has 2 rings (SSSR count). The van der Waals surface area contributed by atoms with E-state index in [0.29, 0.717) is 11.4 Å². The maximum atomic E-state index is 13.8. The number of anilines is 1. The van der Waals surface area contributed by atoms with E-state index in [0.717, 1.165) is 0 Å². The van der Waals surface area contributed by atoms with Crippen molar-refractivity contribution in [2.24, 2.45) is 10.9 Å². The molecule has 0 fully saturated rings. The molecule has 1 aromatic carbocycles. The first-order valence-corrected chi connectivity index (χ1v) is 6.31. The molecule has 3 N–H and O–H groups in total. The van der Waals surface area contributed by atoms with Crippen LogP contribution in [-0.4, -0.2) is 28.1 Å². The maximum Gasteiger partial charge on any atom is 0.190 e. The Hall–Kier alpha value is -2.70. The van der Waals surface area contributed by atoms with Crippen molar-refractivity contribution in [2.75, 3.05) is 11.9 Å². The quantitative estimate of drug-likeness (QED) is 0.388. The number of hydrogen-bond donors (Lipinski definition) is 2. The van der Waals surface area contributed by atoms with Crippen LogP contribution in [-0.2, 0) is 0 Å². The zero-order chi connectivity index (χ0) is 15.4. The van der Waals surface area contributed by atoms with E-state index >= 15 is 0 Å². The number of halogens is 1. The van der Waals surface area contributed by atoms with Gasteiger partial charge in [-0.2, -0.15) is 0 Å². The number of nitrogens with zero attached hydrogens (tertiary/aromatic N) is 4. The molecule has 0 amide bonds. The predicted molar refractivity (Wildman–Crippen MR) is 77.8 cm³/mol. The van der Waals surface area contributed by atoms with Gasteiger partial charge in [0, 0.05) is 12.6 Å². The third kappa shape index (κ3) is 3.07. The predicted octanol–water partition coefficient (Wildman–Crippen LogP) is 1.91. The molecule has 0 bridgehead atoms. The standard InChI is InChI=1S/C14H16FN5O/c1-9(10-5-3-4-6-11(10)15)20(2)13-8-17-12(7-18-13)14(16)19-21/h3-9,21H,1-2H3,(H2,16,19). The Bertz CT molecular complexity index is 644. The molecule has 21 heavy (non-hydrogen) atoms. The van der Waals surface area contributed by atoms with E-state index in [9.17, 15) is 4.39 Å². The summed E-state index contributed by atoms with van der Waals surface area (Å²) in [5, 5.41) is 11.4. The highest BCUT2D eigenvalue weighted by Crippen LogP contribution is 2.25. The highest BCUT2D eigenvalue weighted by Gasteiger charge is 2.17. The van der Waals surface area contributed by atoms with E-state index in [1.165, 1.54) is 18.5 Å². The molecule has 0 aliphatic heterocycles. The molecule has 1 heterocycles. The van der Waals surface area contributed by atoms with Crippen molar-refractivity contribution in [3.63, 3.8) is 0 Å². The first-order valence-electron chi connectivity index (χ1n) is 6.31. The molecule has 110 valence electrons. The lowest BCUT2D eigenvalue weighted by Crippen LogP contribution is -2.24. The third-order valence-corrected chi connectivity index (χ3v) is 3.31. The van der Waals surface area contributed by atoms with Crippen molar-refractivity contribution >= 4 is 11.7 Å². The normalized spacial score (nSPS) is 13.0. The van der Waals surface area contributed by atoms with E-state index in [1.54, 1.807) is 30.1 Å². The lowest BCUT2D eigenvalue weighted by molar-refractivity contribution is 0.318. The fourth-order valence-corrected chi connectivity index (χ4v) is 1.91. The van der Waals surface area contributed by atoms with Gasteiger partial charge in [0.2, 0.25) is 0 Å². The van der Waals surface area contributed by atoms with E-state index in [-0.39, 0.29) is 23.4 Å². The van der Waals surface area contributed by atoms with Crippen molar-refractivity contribution in [3.05, 3.63) is 53.7 Å². The Labute approximate surface area is 121 Å². The zero-order valence-corrected chi connectivity index (χ0v) is 11.7. The Morgan fingerprint density at radius 1 is 1.33 bits per heavy atom. The minimum absolute atomic E-state index is 0.112. The molecule has 0 spiro atoms. The van der Waals surface area contributed by atoms with Gasteiger partial charge in [0.1, 0.15) is 17.3 Å². The Morgan fingerprint density at radius 2 is 2.05 bits per heavy atom. The summed E-state index contributed by atoms with van der Waals surface area (Å²) in [6.45, 7) is 1.87. The van der Waals surface area contributed by atoms with Crippen LogP contribution in [0.2, 0.25) is 0 Å². The number of benzene rings is 1. The van der Waals surface area contributed by atoms with Crippen LogP contribution in [0.1, 0.15) is 24.2 Å². The van der Waals surface area contributed by atoms with Gasteiger partial charge in [-0.1, -0.05) is 23.4 Å². The van der Waals surface area contributed by atoms with Gasteiger partial charge in [0.05, 0.1) is 18.4 Å². The summed E-state index contributed by atoms with van der Waals surface area (Å²) >= 11 is 0. The lowest BCUT2D eigenvalue weighted by Gasteiger charge is -2.26. The summed E-state index contributed by atoms with van der Waals surface area (Å²) in [7, 11) is 1.80. The number of aromatic nitrogens is 2. The molecule has 1 aromatic heterocycles. The fraction of sp³-hybridized carbons (Fsp3) is 0.214. The molecule has 0 aliphatic carbocycles. The monoisotopic (exact) mass is 289 g/mol. The van der Waals surface area contributed by atoms with E-state index in [1.807, 2.05) is 6.92 Å². The largest absolute Gasteiger partial charge is 0.409 e. The van der Waals surface area contributed by atoms with E-state index in [4.69, 9.17) is 10.9 Å². The first-order chi connectivity index (χ1) is 10.0. The van der Waals surface area contributed by atoms with Crippen LogP contribution in [0.5, 0.6) is 0 Å². The fourth-order valence-electron chi connectivity index (χ4n) is 1.91. The van der Waals surface area contributed by atoms with Gasteiger partial charge in [-0.05, 0) is 13.0 Å². The summed E-state index contributed by atoms with van der Waals surface area (Å²) in [5.74, 6) is 0.178. The molecular formula is C14H16FN5O. The Kier molecular flexibility index (Phi) is 4.32. The van der Waals surface area contributed by atoms with Crippen LogP contribution in [0, 0.1) is 5.82 Å². The highest BCUT2D eigenvalue weighted by atomic mass is 19.1. The molecule has 0 saturated carbocycles. The van der Waals surface area contributed by atoms with E-state index in [2.05, 4.69) is 15.1 Å². The number of amidine groups is 1. The summed E-state index contributed by atoms with van der Waals surface area (Å²) in [6, 6.07) is 6.38. The topological polar surface area (TPSA) is 87.6 Å². The summed E-state index contributed by atoms with van der Waals surface area (Å²) in [5.41, 5.74) is 6.27. The SMILES string of the molecule is CC(c1ccccc1F)N(C)c1cnc(C(N)=NO)cn1. The van der Waals surface area contributed by atoms with Crippen molar-refractivity contribution in [2.45, 2.75) is 13.0 Å². The molecule has 0 radical (unpaired) electrons. The average molecular weight is 289 g/mol. The summed E-state index contributed by atoms with van der Waals surface area (Å²) in [4.78, 5) is 10.0. The van der Waals surface area contributed by atoms with Crippen LogP contribution in [0.15, 0.2) is 41.8 Å². The van der Waals surface area contributed by atoms with Crippen LogP contribution in [0.4, 0.5) is 10.2 Å². The first kappa shape index (κ1) is 14.7. The molecule has 1 atom stereocenters. The van der Waals surface area contributed by atoms with E-state index < -0.39 is 0 Å². The zero-order valence-electron chi connectivity index (χ0n) is 11.7. The van der Waals surface area contributed by atoms with Gasteiger partial charge >= 0.3 is 0 Å². The summed E-state index contributed by atoms with van der Waals surface area (Å²) < 4.78 is 13.8. The van der Waals surface area contributed by atoms with Gasteiger partial charge in [-0.15, -0.1) is 0 Å². The van der Waals surface area contributed by atoms with Gasteiger partial charge in [-0.25, -0.2) is 14.4 Å². The maximum absolute atomic E-state index is 13.8. The minimum atomic E-state index is -0.266. The highest BCUT2D eigenvalue weighted by molar-refractivity contribution is 5.94. The average Bonchev–Trinajstić information content (AvgIpc) is 2.53. The van der Waals surface area contributed by atoms with Crippen molar-refractivity contribution < 1.29 is 9.60 Å². The third-order valence-electron chi connectivity index (χ3n) is 3.31. The molecular weight excluding hydrogens is 273 g/mol. The summed E-state index contributed by atoms with van der Waals surface area (Å²) in [6.07, 6.45) is 2.89. The second-order valence-electron chi connectivity index (χ2n) is 4.55. The van der Waals surface area contributed by atoms with Gasteiger partial charge in [0.25, 0.3) is 0 Å². The molecule has 0 aliphatic rings. The Morgan fingerprint density at radius 3 is 2.62 bits per heavy atom. The lowest BCUT2D eigenvalue weighted by atomic mass is 10.1. The van der Waals surface area contributed by atoms with Crippen LogP contribution < -0.4 is 10.6 Å². The molecule has 1 unspecified atom stereocenters. The van der Waals surface area contributed by atoms with Gasteiger partial charge in [0.15, 0.2) is 5.84 Å². The van der Waals surface area contributed by atoms with Crippen molar-refractivity contribution in [1.29, 1.82) is 0 Å². The second-order valence-corrected chi connectivity index (χ2v) is 4.55. The molecule has 0 saturated heterocycles. The van der Waals surface area contributed by atoms with Gasteiger partial charge in [-0.3, -0.25) is 0 Å². The number of hydrogen-bond acceptors (Lipinski definition) is 5. The number of rotatable bonds is 4. The number of nitrogens with two attached hydrogens (primary N) is 1. The van der Waals surface area contributed by atoms with Crippen LogP contribution in [0.3, 0.4) is 0 Å². The smallest absolute Gasteiger partial charge is 0.190 e. The molecule has 6 nitrogen and oxygen atoms in total. The minimum Gasteiger partial charge on any atom is -0.409 e. The molecule has 7 heteroatoms. The van der Waals surface area contributed by atoms with Crippen LogP contribution >= 0.6 is 0 Å². The van der Waals surface area contributed by atoms with Crippen molar-refractivity contribution in [3.8, 4) is 0 Å². The number of oxime groups is 1. The van der Waals surface area contributed by atoms with Gasteiger partial charge < -0.3 is 15.8 Å². The second kappa shape index (κ2) is 6.17. The van der Waals surface area contributed by atoms with Crippen molar-refractivity contribution in [1.82, 2.24) is 9.97 Å². The molecule has 2 aromatic rings. The Balaban J connectivity index is 2.24.